The predicted molar refractivity (Wildman–Crippen MR) is 88.3 cm³/mol. The van der Waals surface area contributed by atoms with Crippen LogP contribution in [0.2, 0.25) is 0 Å². The van der Waals surface area contributed by atoms with Crippen LogP contribution in [0.15, 0.2) is 28.8 Å². The minimum atomic E-state index is -0.414. The van der Waals surface area contributed by atoms with Gasteiger partial charge in [-0.05, 0) is 38.1 Å². The summed E-state index contributed by atoms with van der Waals surface area (Å²) < 4.78 is 12.0. The minimum absolute atomic E-state index is 0.0458. The number of hydrogen-bond donors (Lipinski definition) is 0. The fourth-order valence-electron chi connectivity index (χ4n) is 2.58. The smallest absolute Gasteiger partial charge is 0.312 e. The summed E-state index contributed by atoms with van der Waals surface area (Å²) in [4.78, 5) is 15.0. The summed E-state index contributed by atoms with van der Waals surface area (Å²) in [5, 5.41) is 19.2. The Hall–Kier alpha value is -3.23. The Morgan fingerprint density at radius 2 is 2.00 bits per heavy atom. The number of methoxy groups -OCH3 is 1. The van der Waals surface area contributed by atoms with Gasteiger partial charge in [-0.2, -0.15) is 10.1 Å². The minimum Gasteiger partial charge on any atom is -0.497 e. The molecule has 3 aromatic rings. The maximum absolute atomic E-state index is 11.0. The second-order valence-electron chi connectivity index (χ2n) is 5.49. The van der Waals surface area contributed by atoms with Crippen LogP contribution in [0, 0.1) is 24.0 Å². The molecule has 0 N–H and O–H groups in total. The molecule has 0 saturated carbocycles. The van der Waals surface area contributed by atoms with Gasteiger partial charge in [0, 0.05) is 12.0 Å². The molecule has 0 radical (unpaired) electrons. The molecule has 130 valence electrons. The van der Waals surface area contributed by atoms with Crippen LogP contribution in [-0.4, -0.2) is 32.0 Å². The Bertz CT molecular complexity index is 898. The van der Waals surface area contributed by atoms with Crippen LogP contribution < -0.4 is 4.74 Å². The second-order valence-corrected chi connectivity index (χ2v) is 5.49. The molecule has 25 heavy (non-hydrogen) atoms. The van der Waals surface area contributed by atoms with Crippen LogP contribution in [0.3, 0.4) is 0 Å². The van der Waals surface area contributed by atoms with E-state index in [2.05, 4.69) is 15.2 Å². The first-order valence-electron chi connectivity index (χ1n) is 7.65. The van der Waals surface area contributed by atoms with Crippen molar-refractivity contribution < 1.29 is 14.2 Å². The molecule has 0 fully saturated rings. The summed E-state index contributed by atoms with van der Waals surface area (Å²) in [7, 11) is 1.60. The number of nitro groups is 1. The van der Waals surface area contributed by atoms with Crippen LogP contribution in [0.5, 0.6) is 5.75 Å². The summed E-state index contributed by atoms with van der Waals surface area (Å²) in [5.41, 5.74) is 1.77. The van der Waals surface area contributed by atoms with Gasteiger partial charge in [-0.15, -0.1) is 0 Å². The first-order valence-corrected chi connectivity index (χ1v) is 7.65. The highest BCUT2D eigenvalue weighted by atomic mass is 16.6. The van der Waals surface area contributed by atoms with Gasteiger partial charge in [0.1, 0.15) is 17.1 Å². The quantitative estimate of drug-likeness (QED) is 0.500. The van der Waals surface area contributed by atoms with Gasteiger partial charge in [0.25, 0.3) is 0 Å². The number of aromatic nitrogens is 4. The molecule has 2 aromatic heterocycles. The molecule has 9 nitrogen and oxygen atoms in total. The van der Waals surface area contributed by atoms with Crippen LogP contribution in [-0.2, 0) is 13.0 Å². The number of nitrogens with zero attached hydrogens (tertiary/aromatic N) is 5. The van der Waals surface area contributed by atoms with Crippen molar-refractivity contribution in [2.45, 2.75) is 26.8 Å². The molecule has 9 heteroatoms. The highest BCUT2D eigenvalue weighted by Crippen LogP contribution is 2.23. The number of rotatable bonds is 6. The monoisotopic (exact) mass is 343 g/mol. The Labute approximate surface area is 143 Å². The molecular formula is C16H17N5O4. The van der Waals surface area contributed by atoms with Crippen LogP contribution in [0.25, 0.3) is 11.4 Å². The first kappa shape index (κ1) is 16.6. The Morgan fingerprint density at radius 1 is 1.28 bits per heavy atom. The van der Waals surface area contributed by atoms with Gasteiger partial charge in [-0.3, -0.25) is 14.8 Å². The van der Waals surface area contributed by atoms with E-state index in [9.17, 15) is 10.1 Å². The molecule has 0 saturated heterocycles. The van der Waals surface area contributed by atoms with Gasteiger partial charge in [-0.25, -0.2) is 0 Å². The topological polar surface area (TPSA) is 109 Å². The van der Waals surface area contributed by atoms with Crippen molar-refractivity contribution >= 4 is 5.69 Å². The molecule has 0 aliphatic carbocycles. The van der Waals surface area contributed by atoms with Gasteiger partial charge in [0.15, 0.2) is 0 Å². The van der Waals surface area contributed by atoms with Crippen molar-refractivity contribution in [1.82, 2.24) is 19.9 Å². The van der Waals surface area contributed by atoms with Crippen LogP contribution in [0.1, 0.15) is 17.3 Å². The predicted octanol–water partition coefficient (Wildman–Crippen LogP) is 2.71. The SMILES string of the molecule is COc1ccc(-c2noc(CCn3nc(C)c([N+](=O)[O-])c3C)n2)cc1. The largest absolute Gasteiger partial charge is 0.497 e. The Balaban J connectivity index is 1.72. The third kappa shape index (κ3) is 3.35. The fourth-order valence-corrected chi connectivity index (χ4v) is 2.58. The third-order valence-electron chi connectivity index (χ3n) is 3.88. The van der Waals surface area contributed by atoms with Gasteiger partial charge < -0.3 is 9.26 Å². The number of ether oxygens (including phenoxy) is 1. The molecular weight excluding hydrogens is 326 g/mol. The van der Waals surface area contributed by atoms with E-state index in [4.69, 9.17) is 9.26 Å². The Kier molecular flexibility index (Phi) is 4.46. The molecule has 1 aromatic carbocycles. The van der Waals surface area contributed by atoms with E-state index in [0.29, 0.717) is 36.1 Å². The van der Waals surface area contributed by atoms with Gasteiger partial charge in [-0.1, -0.05) is 5.16 Å². The fraction of sp³-hybridized carbons (Fsp3) is 0.312. The Morgan fingerprint density at radius 3 is 2.60 bits per heavy atom. The van der Waals surface area contributed by atoms with Crippen LogP contribution in [0.4, 0.5) is 5.69 Å². The highest BCUT2D eigenvalue weighted by Gasteiger charge is 2.21. The summed E-state index contributed by atoms with van der Waals surface area (Å²) in [6.07, 6.45) is 0.433. The normalized spacial score (nSPS) is 10.8. The molecule has 0 unspecified atom stereocenters. The molecule has 0 amide bonds. The lowest BCUT2D eigenvalue weighted by Gasteiger charge is -2.00. The second kappa shape index (κ2) is 6.71. The summed E-state index contributed by atoms with van der Waals surface area (Å²) in [5.74, 6) is 1.68. The van der Waals surface area contributed by atoms with E-state index in [1.165, 1.54) is 0 Å². The molecule has 3 rings (SSSR count). The maximum atomic E-state index is 11.0. The average molecular weight is 343 g/mol. The van der Waals surface area contributed by atoms with E-state index in [0.717, 1.165) is 11.3 Å². The lowest BCUT2D eigenvalue weighted by molar-refractivity contribution is -0.386. The van der Waals surface area contributed by atoms with Crippen molar-refractivity contribution in [2.24, 2.45) is 0 Å². The van der Waals surface area contributed by atoms with Crippen molar-refractivity contribution in [3.8, 4) is 17.1 Å². The molecule has 0 bridgehead atoms. The molecule has 0 aliphatic rings. The van der Waals surface area contributed by atoms with Crippen molar-refractivity contribution in [2.75, 3.05) is 7.11 Å². The summed E-state index contributed by atoms with van der Waals surface area (Å²) in [6.45, 7) is 3.72. The van der Waals surface area contributed by atoms with Crippen molar-refractivity contribution in [3.05, 3.63) is 51.7 Å². The number of aryl methyl sites for hydroxylation is 3. The number of hydrogen-bond acceptors (Lipinski definition) is 7. The zero-order valence-corrected chi connectivity index (χ0v) is 14.1. The highest BCUT2D eigenvalue weighted by molar-refractivity contribution is 5.55. The van der Waals surface area contributed by atoms with E-state index in [1.54, 1.807) is 25.6 Å². The maximum Gasteiger partial charge on any atom is 0.312 e. The zero-order chi connectivity index (χ0) is 18.0. The third-order valence-corrected chi connectivity index (χ3v) is 3.88. The average Bonchev–Trinajstić information content (AvgIpc) is 3.17. The molecule has 0 spiro atoms. The number of benzene rings is 1. The van der Waals surface area contributed by atoms with E-state index in [1.807, 2.05) is 24.3 Å². The molecule has 2 heterocycles. The first-order chi connectivity index (χ1) is 12.0. The lowest BCUT2D eigenvalue weighted by Crippen LogP contribution is -2.06. The van der Waals surface area contributed by atoms with E-state index >= 15 is 0 Å². The van der Waals surface area contributed by atoms with Crippen molar-refractivity contribution in [1.29, 1.82) is 0 Å². The van der Waals surface area contributed by atoms with E-state index < -0.39 is 4.92 Å². The zero-order valence-electron chi connectivity index (χ0n) is 14.1. The van der Waals surface area contributed by atoms with Crippen LogP contribution >= 0.6 is 0 Å². The summed E-state index contributed by atoms with van der Waals surface area (Å²) in [6, 6.07) is 7.33. The van der Waals surface area contributed by atoms with Gasteiger partial charge in [0.05, 0.1) is 18.6 Å². The summed E-state index contributed by atoms with van der Waals surface area (Å²) >= 11 is 0. The van der Waals surface area contributed by atoms with Gasteiger partial charge in [0.2, 0.25) is 11.7 Å². The van der Waals surface area contributed by atoms with Crippen molar-refractivity contribution in [3.63, 3.8) is 0 Å². The molecule has 0 atom stereocenters. The lowest BCUT2D eigenvalue weighted by atomic mass is 10.2. The van der Waals surface area contributed by atoms with Gasteiger partial charge >= 0.3 is 5.69 Å². The van der Waals surface area contributed by atoms with E-state index in [-0.39, 0.29) is 5.69 Å². The standard InChI is InChI=1S/C16H17N5O4/c1-10-15(21(22)23)11(2)20(18-10)9-8-14-17-16(19-25-14)12-4-6-13(24-3)7-5-12/h4-7H,8-9H2,1-3H3. The molecule has 0 aliphatic heterocycles.